The number of halogens is 1. The molecule has 5 heteroatoms. The Bertz CT molecular complexity index is 608. The number of hydrogen-bond acceptors (Lipinski definition) is 3. The van der Waals surface area contributed by atoms with Gasteiger partial charge < -0.3 is 4.74 Å². The predicted octanol–water partition coefficient (Wildman–Crippen LogP) is 1.82. The Kier molecular flexibility index (Phi) is 2.29. The Balaban J connectivity index is 2.41. The highest BCUT2D eigenvalue weighted by atomic mass is 79.9. The van der Waals surface area contributed by atoms with E-state index in [1.807, 2.05) is 18.2 Å². The second-order valence-electron chi connectivity index (χ2n) is 3.63. The molecule has 0 saturated carbocycles. The summed E-state index contributed by atoms with van der Waals surface area (Å²) < 4.78 is 7.07. The molecule has 0 radical (unpaired) electrons. The van der Waals surface area contributed by atoms with Crippen LogP contribution in [0.5, 0.6) is 0 Å². The monoisotopic (exact) mass is 280 g/mol. The molecule has 1 aliphatic heterocycles. The molecular weight excluding hydrogens is 272 g/mol. The number of rotatable bonds is 0. The van der Waals surface area contributed by atoms with Crippen molar-refractivity contribution in [2.75, 3.05) is 6.61 Å². The van der Waals surface area contributed by atoms with Crippen molar-refractivity contribution in [1.82, 2.24) is 9.55 Å². The van der Waals surface area contributed by atoms with Crippen molar-refractivity contribution in [3.63, 3.8) is 0 Å². The molecule has 82 valence electrons. The molecule has 0 aliphatic carbocycles. The van der Waals surface area contributed by atoms with Gasteiger partial charge in [-0.25, -0.2) is 4.98 Å². The maximum atomic E-state index is 12.2. The number of aromatic nitrogens is 2. The van der Waals surface area contributed by atoms with E-state index in [2.05, 4.69) is 20.9 Å². The van der Waals surface area contributed by atoms with Gasteiger partial charge in [0.25, 0.3) is 5.56 Å². The highest BCUT2D eigenvalue weighted by Gasteiger charge is 2.21. The van der Waals surface area contributed by atoms with Crippen molar-refractivity contribution < 1.29 is 4.74 Å². The summed E-state index contributed by atoms with van der Waals surface area (Å²) in [5, 5.41) is 0.367. The van der Waals surface area contributed by atoms with Crippen LogP contribution in [0.3, 0.4) is 0 Å². The van der Waals surface area contributed by atoms with Gasteiger partial charge in [0.1, 0.15) is 0 Å². The molecule has 0 fully saturated rings. The van der Waals surface area contributed by atoms with Crippen LogP contribution < -0.4 is 5.56 Å². The topological polar surface area (TPSA) is 44.1 Å². The predicted molar refractivity (Wildman–Crippen MR) is 63.6 cm³/mol. The molecule has 2 aromatic rings. The van der Waals surface area contributed by atoms with E-state index < -0.39 is 0 Å². The van der Waals surface area contributed by atoms with Gasteiger partial charge in [-0.15, -0.1) is 0 Å². The SMILES string of the molecule is O=c1c2ccccc2nc2n1CCOC2Br. The van der Waals surface area contributed by atoms with Gasteiger partial charge in [-0.3, -0.25) is 9.36 Å². The number of alkyl halides is 1. The summed E-state index contributed by atoms with van der Waals surface area (Å²) in [5.74, 6) is 0.648. The molecule has 0 N–H and O–H groups in total. The zero-order valence-electron chi connectivity index (χ0n) is 8.39. The van der Waals surface area contributed by atoms with Crippen molar-refractivity contribution in [1.29, 1.82) is 0 Å². The second-order valence-corrected chi connectivity index (χ2v) is 4.46. The number of ether oxygens (including phenoxy) is 1. The lowest BCUT2D eigenvalue weighted by Crippen LogP contribution is -2.32. The molecule has 3 rings (SSSR count). The summed E-state index contributed by atoms with van der Waals surface area (Å²) in [5.41, 5.74) is 0.724. The van der Waals surface area contributed by atoms with E-state index in [1.165, 1.54) is 0 Å². The molecule has 16 heavy (non-hydrogen) atoms. The van der Waals surface area contributed by atoms with Gasteiger partial charge in [0.05, 0.1) is 24.1 Å². The fourth-order valence-corrected chi connectivity index (χ4v) is 2.43. The van der Waals surface area contributed by atoms with E-state index in [9.17, 15) is 4.79 Å². The smallest absolute Gasteiger partial charge is 0.261 e. The second kappa shape index (κ2) is 3.68. The third-order valence-corrected chi connectivity index (χ3v) is 3.35. The standard InChI is InChI=1S/C11H9BrN2O2/c12-9-10-13-8-4-2-1-3-7(8)11(15)14(10)5-6-16-9/h1-4,9H,5-6H2. The molecular formula is C11H9BrN2O2. The van der Waals surface area contributed by atoms with Gasteiger partial charge >= 0.3 is 0 Å². The number of fused-ring (bicyclic) bond motifs is 2. The van der Waals surface area contributed by atoms with Crippen LogP contribution >= 0.6 is 15.9 Å². The number of nitrogens with zero attached hydrogens (tertiary/aromatic N) is 2. The first-order valence-electron chi connectivity index (χ1n) is 5.02. The van der Waals surface area contributed by atoms with Gasteiger partial charge in [-0.1, -0.05) is 12.1 Å². The quantitative estimate of drug-likeness (QED) is 0.692. The zero-order valence-corrected chi connectivity index (χ0v) is 9.98. The van der Waals surface area contributed by atoms with E-state index in [4.69, 9.17) is 4.74 Å². The van der Waals surface area contributed by atoms with E-state index in [-0.39, 0.29) is 10.6 Å². The Labute approximate surface area is 100.0 Å². The molecule has 4 nitrogen and oxygen atoms in total. The third-order valence-electron chi connectivity index (χ3n) is 2.67. The van der Waals surface area contributed by atoms with Gasteiger partial charge in [-0.2, -0.15) is 0 Å². The highest BCUT2D eigenvalue weighted by molar-refractivity contribution is 9.09. The normalized spacial score (nSPS) is 19.7. The van der Waals surface area contributed by atoms with E-state index in [1.54, 1.807) is 10.6 Å². The van der Waals surface area contributed by atoms with E-state index in [0.29, 0.717) is 29.9 Å². The zero-order chi connectivity index (χ0) is 11.1. The summed E-state index contributed by atoms with van der Waals surface area (Å²) in [6.07, 6.45) is 0. The van der Waals surface area contributed by atoms with E-state index >= 15 is 0 Å². The number of benzene rings is 1. The average molecular weight is 281 g/mol. The van der Waals surface area contributed by atoms with Crippen LogP contribution in [0.15, 0.2) is 29.1 Å². The molecule has 0 spiro atoms. The minimum Gasteiger partial charge on any atom is -0.357 e. The van der Waals surface area contributed by atoms with Crippen LogP contribution in [-0.4, -0.2) is 16.2 Å². The molecule has 1 aromatic heterocycles. The Hall–Kier alpha value is -1.20. The fourth-order valence-electron chi connectivity index (χ4n) is 1.90. The number of hydrogen-bond donors (Lipinski definition) is 0. The lowest BCUT2D eigenvalue weighted by atomic mass is 10.2. The molecule has 0 saturated heterocycles. The molecule has 1 aromatic carbocycles. The molecule has 1 atom stereocenters. The summed E-state index contributed by atoms with van der Waals surface area (Å²) in [6.45, 7) is 1.09. The van der Waals surface area contributed by atoms with Gasteiger partial charge in [0, 0.05) is 0 Å². The lowest BCUT2D eigenvalue weighted by Gasteiger charge is -2.22. The third kappa shape index (κ3) is 1.39. The Morgan fingerprint density at radius 1 is 1.44 bits per heavy atom. The highest BCUT2D eigenvalue weighted by Crippen LogP contribution is 2.25. The molecule has 0 bridgehead atoms. The van der Waals surface area contributed by atoms with Crippen molar-refractivity contribution >= 4 is 26.8 Å². The Morgan fingerprint density at radius 2 is 2.25 bits per heavy atom. The minimum absolute atomic E-state index is 0.00773. The Morgan fingerprint density at radius 3 is 3.12 bits per heavy atom. The first-order valence-corrected chi connectivity index (χ1v) is 5.94. The van der Waals surface area contributed by atoms with Crippen LogP contribution in [-0.2, 0) is 11.3 Å². The van der Waals surface area contributed by atoms with Crippen LogP contribution in [0.25, 0.3) is 10.9 Å². The van der Waals surface area contributed by atoms with Crippen molar-refractivity contribution in [3.05, 3.63) is 40.4 Å². The number of para-hydroxylation sites is 1. The first-order chi connectivity index (χ1) is 7.77. The summed E-state index contributed by atoms with van der Waals surface area (Å²) in [7, 11) is 0. The molecule has 0 amide bonds. The molecule has 1 unspecified atom stereocenters. The molecule has 2 heterocycles. The summed E-state index contributed by atoms with van der Waals surface area (Å²) >= 11 is 3.36. The fraction of sp³-hybridized carbons (Fsp3) is 0.273. The molecule has 1 aliphatic rings. The van der Waals surface area contributed by atoms with Crippen molar-refractivity contribution in [2.24, 2.45) is 0 Å². The van der Waals surface area contributed by atoms with Crippen molar-refractivity contribution in [3.8, 4) is 0 Å². The lowest BCUT2D eigenvalue weighted by molar-refractivity contribution is 0.0760. The van der Waals surface area contributed by atoms with Gasteiger partial charge in [-0.05, 0) is 28.1 Å². The van der Waals surface area contributed by atoms with Crippen LogP contribution in [0.4, 0.5) is 0 Å². The van der Waals surface area contributed by atoms with Crippen LogP contribution in [0.1, 0.15) is 10.8 Å². The average Bonchev–Trinajstić information content (AvgIpc) is 2.31. The van der Waals surface area contributed by atoms with Gasteiger partial charge in [0.15, 0.2) is 10.8 Å². The minimum atomic E-state index is -0.293. The van der Waals surface area contributed by atoms with Crippen molar-refractivity contribution in [2.45, 2.75) is 11.6 Å². The first kappa shape index (κ1) is 9.99. The summed E-state index contributed by atoms with van der Waals surface area (Å²) in [4.78, 5) is 16.6. The van der Waals surface area contributed by atoms with Crippen LogP contribution in [0, 0.1) is 0 Å². The van der Waals surface area contributed by atoms with Crippen LogP contribution in [0.2, 0.25) is 0 Å². The largest absolute Gasteiger partial charge is 0.357 e. The maximum Gasteiger partial charge on any atom is 0.261 e. The van der Waals surface area contributed by atoms with Gasteiger partial charge in [0.2, 0.25) is 0 Å². The maximum absolute atomic E-state index is 12.2. The summed E-state index contributed by atoms with van der Waals surface area (Å²) in [6, 6.07) is 7.37. The van der Waals surface area contributed by atoms with E-state index in [0.717, 1.165) is 0 Å².